The monoisotopic (exact) mass is 432 g/mol. The van der Waals surface area contributed by atoms with Crippen molar-refractivity contribution in [1.82, 2.24) is 0 Å². The van der Waals surface area contributed by atoms with Gasteiger partial charge in [-0.05, 0) is 50.1 Å². The van der Waals surface area contributed by atoms with Gasteiger partial charge in [0.05, 0.1) is 21.1 Å². The van der Waals surface area contributed by atoms with Crippen LogP contribution in [-0.4, -0.2) is 30.7 Å². The van der Waals surface area contributed by atoms with Crippen LogP contribution in [-0.2, 0) is 25.8 Å². The molecule has 0 fully saturated rings. The van der Waals surface area contributed by atoms with Crippen molar-refractivity contribution in [3.8, 4) is 0 Å². The fourth-order valence-corrected chi connectivity index (χ4v) is 5.43. The van der Waals surface area contributed by atoms with Gasteiger partial charge < -0.3 is 10.6 Å². The number of carbonyl (C=O) groups is 2. The van der Waals surface area contributed by atoms with E-state index in [9.17, 15) is 18.0 Å². The fraction of sp³-hybridized carbons (Fsp3) is 0.333. The highest BCUT2D eigenvalue weighted by atomic mass is 32.2. The molecule has 0 aromatic heterocycles. The number of para-hydroxylation sites is 1. The summed E-state index contributed by atoms with van der Waals surface area (Å²) in [6, 6.07) is 12.2. The Morgan fingerprint density at radius 3 is 2.69 bits per heavy atom. The molecule has 2 aromatic carbocycles. The second kappa shape index (κ2) is 8.59. The number of aryl methyl sites for hydroxylation is 1. The third-order valence-corrected chi connectivity index (χ3v) is 8.20. The zero-order chi connectivity index (χ0) is 21.2. The average molecular weight is 433 g/mol. The number of carbonyl (C=O) groups excluding carboxylic acids is 2. The topological polar surface area (TPSA) is 92.3 Å². The van der Waals surface area contributed by atoms with E-state index in [1.807, 2.05) is 25.1 Å². The van der Waals surface area contributed by atoms with Gasteiger partial charge in [-0.2, -0.15) is 0 Å². The van der Waals surface area contributed by atoms with Crippen molar-refractivity contribution in [2.75, 3.05) is 10.6 Å². The van der Waals surface area contributed by atoms with Gasteiger partial charge in [0.15, 0.2) is 9.84 Å². The minimum atomic E-state index is -3.73. The summed E-state index contributed by atoms with van der Waals surface area (Å²) in [7, 11) is -3.73. The molecule has 0 saturated heterocycles. The van der Waals surface area contributed by atoms with E-state index in [2.05, 4.69) is 10.6 Å². The van der Waals surface area contributed by atoms with Gasteiger partial charge in [0.25, 0.3) is 0 Å². The molecule has 29 heavy (non-hydrogen) atoms. The lowest BCUT2D eigenvalue weighted by Gasteiger charge is -2.22. The summed E-state index contributed by atoms with van der Waals surface area (Å²) in [5.41, 5.74) is 2.19. The van der Waals surface area contributed by atoms with Gasteiger partial charge in [-0.1, -0.05) is 25.1 Å². The maximum absolute atomic E-state index is 13.0. The van der Waals surface area contributed by atoms with E-state index < -0.39 is 15.1 Å². The van der Waals surface area contributed by atoms with Crippen LogP contribution in [0.4, 0.5) is 11.4 Å². The number of amides is 2. The predicted molar refractivity (Wildman–Crippen MR) is 116 cm³/mol. The third-order valence-electron chi connectivity index (χ3n) is 4.89. The van der Waals surface area contributed by atoms with Gasteiger partial charge >= 0.3 is 0 Å². The van der Waals surface area contributed by atoms with E-state index in [1.165, 1.54) is 30.8 Å². The first-order valence-corrected chi connectivity index (χ1v) is 11.9. The summed E-state index contributed by atoms with van der Waals surface area (Å²) in [5, 5.41) is 4.43. The summed E-state index contributed by atoms with van der Waals surface area (Å²) in [5.74, 6) is -0.503. The molecule has 2 N–H and O–H groups in total. The van der Waals surface area contributed by atoms with Crippen LogP contribution in [0.5, 0.6) is 0 Å². The van der Waals surface area contributed by atoms with Crippen molar-refractivity contribution in [2.45, 2.75) is 53.9 Å². The molecule has 0 aliphatic carbocycles. The molecule has 0 radical (unpaired) electrons. The van der Waals surface area contributed by atoms with E-state index in [-0.39, 0.29) is 28.4 Å². The maximum atomic E-state index is 13.0. The van der Waals surface area contributed by atoms with E-state index in [0.29, 0.717) is 11.4 Å². The second-order valence-corrected chi connectivity index (χ2v) is 10.8. The molecule has 2 atom stereocenters. The highest BCUT2D eigenvalue weighted by molar-refractivity contribution is 8.01. The first-order chi connectivity index (χ1) is 13.7. The Kier molecular flexibility index (Phi) is 6.33. The Bertz CT molecular complexity index is 1050. The maximum Gasteiger partial charge on any atom is 0.237 e. The van der Waals surface area contributed by atoms with Crippen LogP contribution >= 0.6 is 11.8 Å². The number of nitrogens with one attached hydrogen (secondary N) is 2. The standard InChI is InChI=1S/C21H24N2O4S2/c1-4-15-7-5-6-8-17(15)22-20(24)11-13(2)29(26,27)16-9-10-19-18(12-16)23-21(25)14(3)28-19/h5-10,12-14H,4,11H2,1-3H3,(H,22,24)(H,23,25)/t13-,14+/m0/s1. The van der Waals surface area contributed by atoms with Crippen molar-refractivity contribution in [3.05, 3.63) is 48.0 Å². The molecule has 1 heterocycles. The lowest BCUT2D eigenvalue weighted by molar-refractivity contribution is -0.116. The molecular formula is C21H24N2O4S2. The number of hydrogen-bond donors (Lipinski definition) is 2. The highest BCUT2D eigenvalue weighted by Gasteiger charge is 2.29. The van der Waals surface area contributed by atoms with Crippen molar-refractivity contribution in [3.63, 3.8) is 0 Å². The molecular weight excluding hydrogens is 408 g/mol. The quantitative estimate of drug-likeness (QED) is 0.723. The molecule has 2 amide bonds. The molecule has 3 rings (SSSR count). The molecule has 6 nitrogen and oxygen atoms in total. The minimum absolute atomic E-state index is 0.0981. The Labute approximate surface area is 175 Å². The number of sulfone groups is 1. The van der Waals surface area contributed by atoms with Crippen LogP contribution in [0.25, 0.3) is 0 Å². The lowest BCUT2D eigenvalue weighted by Crippen LogP contribution is -2.27. The SMILES string of the molecule is CCc1ccccc1NC(=O)C[C@H](C)S(=O)(=O)c1ccc2c(c1)NC(=O)[C@@H](C)S2. The minimum Gasteiger partial charge on any atom is -0.326 e. The van der Waals surface area contributed by atoms with E-state index in [0.717, 1.165) is 16.9 Å². The average Bonchev–Trinajstić information content (AvgIpc) is 2.68. The summed E-state index contributed by atoms with van der Waals surface area (Å²) < 4.78 is 26.0. The Hall–Kier alpha value is -2.32. The molecule has 8 heteroatoms. The largest absolute Gasteiger partial charge is 0.326 e. The Balaban J connectivity index is 1.75. The molecule has 0 spiro atoms. The zero-order valence-electron chi connectivity index (χ0n) is 16.6. The molecule has 154 valence electrons. The van der Waals surface area contributed by atoms with E-state index in [4.69, 9.17) is 0 Å². The van der Waals surface area contributed by atoms with Gasteiger partial charge in [0, 0.05) is 17.0 Å². The van der Waals surface area contributed by atoms with Gasteiger partial charge in [-0.25, -0.2) is 8.42 Å². The van der Waals surface area contributed by atoms with Gasteiger partial charge in [-0.3, -0.25) is 9.59 Å². The molecule has 0 unspecified atom stereocenters. The van der Waals surface area contributed by atoms with Crippen LogP contribution in [0.1, 0.15) is 32.8 Å². The van der Waals surface area contributed by atoms with E-state index >= 15 is 0 Å². The first kappa shape index (κ1) is 21.4. The van der Waals surface area contributed by atoms with Crippen molar-refractivity contribution in [2.24, 2.45) is 0 Å². The van der Waals surface area contributed by atoms with Gasteiger partial charge in [0.2, 0.25) is 11.8 Å². The van der Waals surface area contributed by atoms with E-state index in [1.54, 1.807) is 19.1 Å². The number of thioether (sulfide) groups is 1. The molecule has 1 aliphatic heterocycles. The Morgan fingerprint density at radius 1 is 1.24 bits per heavy atom. The molecule has 1 aliphatic rings. The fourth-order valence-electron chi connectivity index (χ4n) is 3.12. The van der Waals surface area contributed by atoms with Crippen LogP contribution in [0.15, 0.2) is 52.3 Å². The number of fused-ring (bicyclic) bond motifs is 1. The summed E-state index contributed by atoms with van der Waals surface area (Å²) in [4.78, 5) is 25.3. The van der Waals surface area contributed by atoms with Crippen LogP contribution < -0.4 is 10.6 Å². The normalized spacial score (nSPS) is 17.2. The van der Waals surface area contributed by atoms with Crippen molar-refractivity contribution < 1.29 is 18.0 Å². The van der Waals surface area contributed by atoms with Crippen molar-refractivity contribution in [1.29, 1.82) is 0 Å². The summed E-state index contributed by atoms with van der Waals surface area (Å²) >= 11 is 1.39. The molecule has 0 bridgehead atoms. The van der Waals surface area contributed by atoms with Gasteiger partial charge in [0.1, 0.15) is 0 Å². The van der Waals surface area contributed by atoms with Crippen LogP contribution in [0.3, 0.4) is 0 Å². The van der Waals surface area contributed by atoms with Crippen LogP contribution in [0.2, 0.25) is 0 Å². The first-order valence-electron chi connectivity index (χ1n) is 9.45. The molecule has 0 saturated carbocycles. The second-order valence-electron chi connectivity index (χ2n) is 7.03. The summed E-state index contributed by atoms with van der Waals surface area (Å²) in [6.07, 6.45) is 0.609. The smallest absolute Gasteiger partial charge is 0.237 e. The highest BCUT2D eigenvalue weighted by Crippen LogP contribution is 2.37. The van der Waals surface area contributed by atoms with Crippen LogP contribution in [0, 0.1) is 0 Å². The number of benzene rings is 2. The zero-order valence-corrected chi connectivity index (χ0v) is 18.2. The Morgan fingerprint density at radius 2 is 1.97 bits per heavy atom. The summed E-state index contributed by atoms with van der Waals surface area (Å²) in [6.45, 7) is 5.31. The predicted octanol–water partition coefficient (Wildman–Crippen LogP) is 3.87. The lowest BCUT2D eigenvalue weighted by atomic mass is 10.1. The van der Waals surface area contributed by atoms with Gasteiger partial charge in [-0.15, -0.1) is 11.8 Å². The number of rotatable bonds is 6. The number of anilines is 2. The number of hydrogen-bond acceptors (Lipinski definition) is 5. The van der Waals surface area contributed by atoms with Crippen molar-refractivity contribution >= 4 is 44.8 Å². The molecule has 2 aromatic rings. The third kappa shape index (κ3) is 4.64.